The molecule has 2 aromatic heterocycles. The highest BCUT2D eigenvalue weighted by Gasteiger charge is 2.11. The van der Waals surface area contributed by atoms with Crippen LogP contribution in [0.15, 0.2) is 66.0 Å². The lowest BCUT2D eigenvalue weighted by Gasteiger charge is -2.05. The number of nitrogens with zero attached hydrogens (tertiary/aromatic N) is 3. The zero-order valence-electron chi connectivity index (χ0n) is 15.1. The van der Waals surface area contributed by atoms with Gasteiger partial charge in [0, 0.05) is 28.7 Å². The van der Waals surface area contributed by atoms with Gasteiger partial charge in [-0.25, -0.2) is 13.9 Å². The van der Waals surface area contributed by atoms with Crippen molar-refractivity contribution >= 4 is 28.9 Å². The van der Waals surface area contributed by atoms with E-state index in [1.807, 2.05) is 48.0 Å². The Hall–Kier alpha value is -2.57. The normalized spacial score (nSPS) is 11.1. The molecule has 0 aliphatic carbocycles. The number of halogens is 2. The third kappa shape index (κ3) is 3.98. The van der Waals surface area contributed by atoms with Crippen LogP contribution < -0.4 is 4.74 Å². The summed E-state index contributed by atoms with van der Waals surface area (Å²) in [6, 6.07) is 14.3. The van der Waals surface area contributed by atoms with E-state index in [4.69, 9.17) is 16.3 Å². The van der Waals surface area contributed by atoms with Crippen molar-refractivity contribution in [2.24, 2.45) is 0 Å². The minimum atomic E-state index is -0.338. The van der Waals surface area contributed by atoms with E-state index in [0.29, 0.717) is 17.4 Å². The van der Waals surface area contributed by atoms with Gasteiger partial charge in [-0.15, -0.1) is 0 Å². The first-order valence-electron chi connectivity index (χ1n) is 8.78. The molecule has 0 bridgehead atoms. The average molecular weight is 414 g/mol. The van der Waals surface area contributed by atoms with E-state index in [0.717, 1.165) is 33.1 Å². The van der Waals surface area contributed by atoms with Crippen LogP contribution in [0.3, 0.4) is 0 Å². The van der Waals surface area contributed by atoms with E-state index in [-0.39, 0.29) is 5.82 Å². The van der Waals surface area contributed by atoms with Gasteiger partial charge in [0.05, 0.1) is 17.8 Å². The van der Waals surface area contributed by atoms with Crippen molar-refractivity contribution in [3.05, 3.63) is 77.3 Å². The first-order chi connectivity index (χ1) is 13.6. The minimum Gasteiger partial charge on any atom is -0.494 e. The zero-order valence-corrected chi connectivity index (χ0v) is 16.7. The summed E-state index contributed by atoms with van der Waals surface area (Å²) in [6.45, 7) is 2.60. The topological polar surface area (TPSA) is 39.4 Å². The molecule has 4 aromatic rings. The second kappa shape index (κ2) is 8.20. The smallest absolute Gasteiger partial charge is 0.124 e. The molecule has 0 aliphatic rings. The van der Waals surface area contributed by atoms with Crippen LogP contribution in [0.5, 0.6) is 5.75 Å². The standard InChI is InChI=1S/C21H17ClFN3OS/c1-2-27-17-7-4-14(5-8-17)19-12-20-21(24-9-10-26(20)25-19)28-13-15-3-6-16(23)11-18(15)22/h3-12H,2,13H2,1H3. The maximum Gasteiger partial charge on any atom is 0.124 e. The molecule has 28 heavy (non-hydrogen) atoms. The van der Waals surface area contributed by atoms with Gasteiger partial charge >= 0.3 is 0 Å². The zero-order chi connectivity index (χ0) is 19.5. The summed E-state index contributed by atoms with van der Waals surface area (Å²) >= 11 is 7.67. The van der Waals surface area contributed by atoms with Crippen LogP contribution in [0, 0.1) is 5.82 Å². The Morgan fingerprint density at radius 3 is 2.71 bits per heavy atom. The van der Waals surface area contributed by atoms with E-state index in [9.17, 15) is 4.39 Å². The summed E-state index contributed by atoms with van der Waals surface area (Å²) in [7, 11) is 0. The predicted molar refractivity (Wildman–Crippen MR) is 111 cm³/mol. The molecule has 2 heterocycles. The number of hydrogen-bond donors (Lipinski definition) is 0. The molecule has 0 N–H and O–H groups in total. The third-order valence-electron chi connectivity index (χ3n) is 4.20. The van der Waals surface area contributed by atoms with Gasteiger partial charge in [-0.05, 0) is 55.0 Å². The quantitative estimate of drug-likeness (QED) is 0.370. The first-order valence-corrected chi connectivity index (χ1v) is 10.1. The Labute approximate surface area is 171 Å². The minimum absolute atomic E-state index is 0.338. The first kappa shape index (κ1) is 18.8. The molecule has 0 spiro atoms. The fourth-order valence-corrected chi connectivity index (χ4v) is 4.12. The molecule has 2 aromatic carbocycles. The van der Waals surface area contributed by atoms with Crippen LogP contribution >= 0.6 is 23.4 Å². The molecular weight excluding hydrogens is 397 g/mol. The molecule has 0 radical (unpaired) electrons. The summed E-state index contributed by atoms with van der Waals surface area (Å²) in [5.74, 6) is 1.09. The lowest BCUT2D eigenvalue weighted by molar-refractivity contribution is 0.340. The summed E-state index contributed by atoms with van der Waals surface area (Å²) in [6.07, 6.45) is 3.54. The second-order valence-electron chi connectivity index (χ2n) is 6.07. The molecule has 7 heteroatoms. The van der Waals surface area contributed by atoms with Crippen LogP contribution in [0.1, 0.15) is 12.5 Å². The second-order valence-corrected chi connectivity index (χ2v) is 7.44. The molecule has 4 rings (SSSR count). The van der Waals surface area contributed by atoms with Crippen molar-refractivity contribution in [2.75, 3.05) is 6.61 Å². The maximum absolute atomic E-state index is 13.2. The number of aromatic nitrogens is 3. The van der Waals surface area contributed by atoms with E-state index in [1.165, 1.54) is 12.1 Å². The summed E-state index contributed by atoms with van der Waals surface area (Å²) in [4.78, 5) is 4.48. The maximum atomic E-state index is 13.2. The van der Waals surface area contributed by atoms with E-state index >= 15 is 0 Å². The lowest BCUT2D eigenvalue weighted by atomic mass is 10.1. The highest BCUT2D eigenvalue weighted by atomic mass is 35.5. The van der Waals surface area contributed by atoms with E-state index < -0.39 is 0 Å². The Kier molecular flexibility index (Phi) is 5.50. The van der Waals surface area contributed by atoms with Crippen LogP contribution in [-0.2, 0) is 5.75 Å². The Bertz CT molecular complexity index is 1110. The van der Waals surface area contributed by atoms with Crippen LogP contribution in [0.2, 0.25) is 5.02 Å². The molecule has 142 valence electrons. The molecular formula is C21H17ClFN3OS. The van der Waals surface area contributed by atoms with Crippen molar-refractivity contribution < 1.29 is 9.13 Å². The van der Waals surface area contributed by atoms with E-state index in [1.54, 1.807) is 24.0 Å². The Balaban J connectivity index is 1.60. The molecule has 0 fully saturated rings. The molecule has 4 nitrogen and oxygen atoms in total. The van der Waals surface area contributed by atoms with Gasteiger partial charge in [0.15, 0.2) is 0 Å². The van der Waals surface area contributed by atoms with Crippen LogP contribution in [0.4, 0.5) is 4.39 Å². The average Bonchev–Trinajstić information content (AvgIpc) is 3.13. The number of thioether (sulfide) groups is 1. The van der Waals surface area contributed by atoms with Gasteiger partial charge in [0.1, 0.15) is 16.6 Å². The number of fused-ring (bicyclic) bond motifs is 1. The molecule has 0 aliphatic heterocycles. The monoisotopic (exact) mass is 413 g/mol. The fourth-order valence-electron chi connectivity index (χ4n) is 2.82. The van der Waals surface area contributed by atoms with Gasteiger partial charge in [0.2, 0.25) is 0 Å². The SMILES string of the molecule is CCOc1ccc(-c2cc3c(SCc4ccc(F)cc4Cl)nccn3n2)cc1. The van der Waals surface area contributed by atoms with Gasteiger partial charge in [-0.3, -0.25) is 0 Å². The van der Waals surface area contributed by atoms with Gasteiger partial charge in [-0.2, -0.15) is 5.10 Å². The van der Waals surface area contributed by atoms with Gasteiger partial charge in [-0.1, -0.05) is 29.4 Å². The predicted octanol–water partition coefficient (Wildman–Crippen LogP) is 5.88. The fraction of sp³-hybridized carbons (Fsp3) is 0.143. The van der Waals surface area contributed by atoms with Crippen molar-refractivity contribution in [3.63, 3.8) is 0 Å². The largest absolute Gasteiger partial charge is 0.494 e. The van der Waals surface area contributed by atoms with Crippen molar-refractivity contribution in [3.8, 4) is 17.0 Å². The molecule has 0 unspecified atom stereocenters. The molecule has 0 atom stereocenters. The number of ether oxygens (including phenoxy) is 1. The van der Waals surface area contributed by atoms with Crippen molar-refractivity contribution in [1.82, 2.24) is 14.6 Å². The highest BCUT2D eigenvalue weighted by Crippen LogP contribution is 2.30. The van der Waals surface area contributed by atoms with Gasteiger partial charge in [0.25, 0.3) is 0 Å². The van der Waals surface area contributed by atoms with Crippen molar-refractivity contribution in [1.29, 1.82) is 0 Å². The third-order valence-corrected chi connectivity index (χ3v) is 5.59. The summed E-state index contributed by atoms with van der Waals surface area (Å²) in [5, 5.41) is 5.91. The number of hydrogen-bond acceptors (Lipinski definition) is 4. The summed E-state index contributed by atoms with van der Waals surface area (Å²) in [5.41, 5.74) is 3.64. The van der Waals surface area contributed by atoms with Gasteiger partial charge < -0.3 is 4.74 Å². The molecule has 0 saturated carbocycles. The Morgan fingerprint density at radius 2 is 1.96 bits per heavy atom. The lowest BCUT2D eigenvalue weighted by Crippen LogP contribution is -1.92. The molecule has 0 saturated heterocycles. The summed E-state index contributed by atoms with van der Waals surface area (Å²) < 4.78 is 20.5. The van der Waals surface area contributed by atoms with Crippen molar-refractivity contribution in [2.45, 2.75) is 17.7 Å². The number of benzene rings is 2. The Morgan fingerprint density at radius 1 is 1.14 bits per heavy atom. The van der Waals surface area contributed by atoms with E-state index in [2.05, 4.69) is 10.1 Å². The van der Waals surface area contributed by atoms with Crippen LogP contribution in [-0.4, -0.2) is 21.2 Å². The van der Waals surface area contributed by atoms with Crippen LogP contribution in [0.25, 0.3) is 16.8 Å². The highest BCUT2D eigenvalue weighted by molar-refractivity contribution is 7.98. The number of rotatable bonds is 6. The molecule has 0 amide bonds.